The van der Waals surface area contributed by atoms with Gasteiger partial charge in [0.05, 0.1) is 17.7 Å². The van der Waals surface area contributed by atoms with Crippen molar-refractivity contribution in [1.29, 1.82) is 0 Å². The van der Waals surface area contributed by atoms with Crippen molar-refractivity contribution in [1.82, 2.24) is 0 Å². The molecule has 21 heavy (non-hydrogen) atoms. The zero-order chi connectivity index (χ0) is 15.2. The molecule has 1 aromatic carbocycles. The van der Waals surface area contributed by atoms with Crippen LogP contribution < -0.4 is 10.1 Å². The number of methoxy groups -OCH3 is 1. The lowest BCUT2D eigenvalue weighted by atomic mass is 10.1. The third-order valence-electron chi connectivity index (χ3n) is 2.64. The van der Waals surface area contributed by atoms with E-state index in [1.165, 1.54) is 24.5 Å². The maximum atomic E-state index is 12.1. The molecule has 0 radical (unpaired) electrons. The maximum absolute atomic E-state index is 12.1. The minimum absolute atomic E-state index is 0.234. The molecule has 0 aliphatic heterocycles. The molecule has 0 saturated carbocycles. The first kappa shape index (κ1) is 14.8. The van der Waals surface area contributed by atoms with Crippen LogP contribution in [0, 0.1) is 0 Å². The van der Waals surface area contributed by atoms with Gasteiger partial charge in [-0.3, -0.25) is 4.79 Å². The highest BCUT2D eigenvalue weighted by Crippen LogP contribution is 2.27. The van der Waals surface area contributed by atoms with Crippen LogP contribution in [0.2, 0.25) is 0 Å². The molecule has 0 aliphatic rings. The number of carboxylic acids is 1. The highest BCUT2D eigenvalue weighted by Gasteiger charge is 2.10. The van der Waals surface area contributed by atoms with Gasteiger partial charge in [-0.05, 0) is 35.2 Å². The van der Waals surface area contributed by atoms with Gasteiger partial charge in [0, 0.05) is 6.08 Å². The van der Waals surface area contributed by atoms with E-state index in [-0.39, 0.29) is 5.91 Å². The molecule has 6 heteroatoms. The summed E-state index contributed by atoms with van der Waals surface area (Å²) in [6.45, 7) is 0. The summed E-state index contributed by atoms with van der Waals surface area (Å²) in [5.74, 6) is -0.759. The molecule has 0 aliphatic carbocycles. The Morgan fingerprint density at radius 2 is 2.14 bits per heavy atom. The van der Waals surface area contributed by atoms with Crippen LogP contribution in [-0.2, 0) is 4.79 Å². The van der Waals surface area contributed by atoms with Crippen molar-refractivity contribution in [3.63, 3.8) is 0 Å². The minimum Gasteiger partial charge on any atom is -0.495 e. The van der Waals surface area contributed by atoms with Crippen molar-refractivity contribution in [3.05, 3.63) is 52.2 Å². The largest absolute Gasteiger partial charge is 0.495 e. The van der Waals surface area contributed by atoms with E-state index in [1.54, 1.807) is 30.3 Å². The van der Waals surface area contributed by atoms with Crippen LogP contribution in [0.25, 0.3) is 6.08 Å². The molecule has 0 unspecified atom stereocenters. The van der Waals surface area contributed by atoms with Gasteiger partial charge < -0.3 is 15.2 Å². The van der Waals surface area contributed by atoms with Crippen LogP contribution in [0.4, 0.5) is 5.69 Å². The average Bonchev–Trinajstić information content (AvgIpc) is 2.99. The number of carbonyl (C=O) groups excluding carboxylic acids is 1. The van der Waals surface area contributed by atoms with Gasteiger partial charge in [-0.1, -0.05) is 12.1 Å². The zero-order valence-electron chi connectivity index (χ0n) is 11.2. The Balaban J connectivity index is 2.25. The first-order valence-corrected chi connectivity index (χ1v) is 6.92. The predicted molar refractivity (Wildman–Crippen MR) is 81.9 cm³/mol. The number of thiophene rings is 1. The lowest BCUT2D eigenvalue weighted by Crippen LogP contribution is -2.11. The fourth-order valence-electron chi connectivity index (χ4n) is 1.69. The zero-order valence-corrected chi connectivity index (χ0v) is 12.0. The van der Waals surface area contributed by atoms with E-state index in [9.17, 15) is 9.59 Å². The van der Waals surface area contributed by atoms with Crippen LogP contribution >= 0.6 is 11.3 Å². The summed E-state index contributed by atoms with van der Waals surface area (Å²) >= 11 is 1.34. The van der Waals surface area contributed by atoms with Gasteiger partial charge in [0.15, 0.2) is 0 Å². The van der Waals surface area contributed by atoms with Crippen LogP contribution in [0.15, 0.2) is 41.8 Å². The Labute approximate surface area is 125 Å². The van der Waals surface area contributed by atoms with Crippen LogP contribution in [0.1, 0.15) is 15.2 Å². The molecule has 1 amide bonds. The van der Waals surface area contributed by atoms with Crippen LogP contribution in [0.3, 0.4) is 0 Å². The molecule has 108 valence electrons. The molecule has 1 heterocycles. The van der Waals surface area contributed by atoms with Crippen LogP contribution in [-0.4, -0.2) is 24.1 Å². The van der Waals surface area contributed by atoms with Crippen molar-refractivity contribution in [2.75, 3.05) is 12.4 Å². The molecule has 2 rings (SSSR count). The molecule has 2 N–H and O–H groups in total. The second-order valence-corrected chi connectivity index (χ2v) is 5.01. The van der Waals surface area contributed by atoms with E-state index in [4.69, 9.17) is 9.84 Å². The van der Waals surface area contributed by atoms with Crippen molar-refractivity contribution >= 4 is 35.0 Å². The number of ether oxygens (including phenoxy) is 1. The van der Waals surface area contributed by atoms with Gasteiger partial charge in [-0.2, -0.15) is 0 Å². The summed E-state index contributed by atoms with van der Waals surface area (Å²) in [5.41, 5.74) is 1.14. The Bertz CT molecular complexity index is 677. The highest BCUT2D eigenvalue weighted by molar-refractivity contribution is 7.12. The van der Waals surface area contributed by atoms with Gasteiger partial charge in [0.1, 0.15) is 5.75 Å². The second kappa shape index (κ2) is 6.71. The minimum atomic E-state index is -1.03. The number of carboxylic acid groups (broad SMARTS) is 1. The van der Waals surface area contributed by atoms with E-state index in [0.29, 0.717) is 21.9 Å². The summed E-state index contributed by atoms with van der Waals surface area (Å²) < 4.78 is 5.19. The normalized spacial score (nSPS) is 10.5. The van der Waals surface area contributed by atoms with Gasteiger partial charge >= 0.3 is 5.97 Å². The third-order valence-corrected chi connectivity index (χ3v) is 3.50. The molecule has 0 fully saturated rings. The van der Waals surface area contributed by atoms with Gasteiger partial charge in [-0.15, -0.1) is 11.3 Å². The van der Waals surface area contributed by atoms with Crippen molar-refractivity contribution < 1.29 is 19.4 Å². The SMILES string of the molecule is COc1ccc(C=CC(=O)O)cc1NC(=O)c1cccs1. The van der Waals surface area contributed by atoms with E-state index >= 15 is 0 Å². The summed E-state index contributed by atoms with van der Waals surface area (Å²) in [6.07, 6.45) is 2.48. The lowest BCUT2D eigenvalue weighted by Gasteiger charge is -2.10. The number of benzene rings is 1. The lowest BCUT2D eigenvalue weighted by molar-refractivity contribution is -0.131. The molecule has 5 nitrogen and oxygen atoms in total. The topological polar surface area (TPSA) is 75.6 Å². The number of nitrogens with one attached hydrogen (secondary N) is 1. The summed E-state index contributed by atoms with van der Waals surface area (Å²) in [5, 5.41) is 13.2. The fourth-order valence-corrected chi connectivity index (χ4v) is 2.31. The van der Waals surface area contributed by atoms with E-state index in [0.717, 1.165) is 6.08 Å². The summed E-state index contributed by atoms with van der Waals surface area (Å²) in [4.78, 5) is 23.2. The maximum Gasteiger partial charge on any atom is 0.328 e. The fraction of sp³-hybridized carbons (Fsp3) is 0.0667. The highest BCUT2D eigenvalue weighted by atomic mass is 32.1. The Hall–Kier alpha value is -2.60. The van der Waals surface area contributed by atoms with Crippen molar-refractivity contribution in [2.24, 2.45) is 0 Å². The van der Waals surface area contributed by atoms with E-state index in [1.807, 2.05) is 5.38 Å². The number of rotatable bonds is 5. The number of hydrogen-bond donors (Lipinski definition) is 2. The van der Waals surface area contributed by atoms with E-state index < -0.39 is 5.97 Å². The number of aliphatic carboxylic acids is 1. The molecule has 0 bridgehead atoms. The molecule has 2 aromatic rings. The molecule has 0 saturated heterocycles. The Morgan fingerprint density at radius 3 is 2.76 bits per heavy atom. The Morgan fingerprint density at radius 1 is 1.33 bits per heavy atom. The molecule has 0 spiro atoms. The van der Waals surface area contributed by atoms with Crippen LogP contribution in [0.5, 0.6) is 5.75 Å². The van der Waals surface area contributed by atoms with E-state index in [2.05, 4.69) is 5.32 Å². The molecule has 1 aromatic heterocycles. The smallest absolute Gasteiger partial charge is 0.328 e. The summed E-state index contributed by atoms with van der Waals surface area (Å²) in [7, 11) is 1.50. The first-order valence-electron chi connectivity index (χ1n) is 6.04. The summed E-state index contributed by atoms with van der Waals surface area (Å²) in [6, 6.07) is 8.55. The Kier molecular flexibility index (Phi) is 4.73. The predicted octanol–water partition coefficient (Wildman–Crippen LogP) is 3.11. The molecular formula is C15H13NO4S. The average molecular weight is 303 g/mol. The van der Waals surface area contributed by atoms with Gasteiger partial charge in [0.25, 0.3) is 5.91 Å². The quantitative estimate of drug-likeness (QED) is 0.832. The molecule has 0 atom stereocenters. The first-order chi connectivity index (χ1) is 10.1. The van der Waals surface area contributed by atoms with Crippen molar-refractivity contribution in [3.8, 4) is 5.75 Å². The van der Waals surface area contributed by atoms with Gasteiger partial charge in [0.2, 0.25) is 0 Å². The van der Waals surface area contributed by atoms with Crippen molar-refractivity contribution in [2.45, 2.75) is 0 Å². The second-order valence-electron chi connectivity index (χ2n) is 4.06. The number of anilines is 1. The third kappa shape index (κ3) is 3.93. The number of amides is 1. The number of carbonyl (C=O) groups is 2. The van der Waals surface area contributed by atoms with Gasteiger partial charge in [-0.25, -0.2) is 4.79 Å². The number of hydrogen-bond acceptors (Lipinski definition) is 4. The molecular weight excluding hydrogens is 290 g/mol. The monoisotopic (exact) mass is 303 g/mol. The standard InChI is InChI=1S/C15H13NO4S/c1-20-12-6-4-10(5-7-14(17)18)9-11(12)16-15(19)13-3-2-8-21-13/h2-9H,1H3,(H,16,19)(H,17,18).